The van der Waals surface area contributed by atoms with Crippen LogP contribution in [0.4, 0.5) is 0 Å². The molecule has 0 fully saturated rings. The highest BCUT2D eigenvalue weighted by atomic mass is 16.1. The second-order valence-corrected chi connectivity index (χ2v) is 5.46. The van der Waals surface area contributed by atoms with Gasteiger partial charge in [0.2, 0.25) is 0 Å². The molecule has 0 aromatic carbocycles. The summed E-state index contributed by atoms with van der Waals surface area (Å²) in [5.41, 5.74) is 1.80. The Kier molecular flexibility index (Phi) is 3.04. The average Bonchev–Trinajstić information content (AvgIpc) is 2.71. The Bertz CT molecular complexity index is 438. The molecule has 1 unspecified atom stereocenters. The van der Waals surface area contributed by atoms with Crippen LogP contribution in [0.15, 0.2) is 18.3 Å². The van der Waals surface area contributed by atoms with Crippen molar-refractivity contribution in [2.24, 2.45) is 0 Å². The molecule has 1 aliphatic carbocycles. The molecule has 0 spiro atoms. The summed E-state index contributed by atoms with van der Waals surface area (Å²) in [6.45, 7) is 3.96. The zero-order valence-corrected chi connectivity index (χ0v) is 11.0. The summed E-state index contributed by atoms with van der Waals surface area (Å²) in [5, 5.41) is 0. The second-order valence-electron chi connectivity index (χ2n) is 5.46. The minimum absolute atomic E-state index is 0.0244. The fourth-order valence-corrected chi connectivity index (χ4v) is 2.31. The zero-order chi connectivity index (χ0) is 12.6. The van der Waals surface area contributed by atoms with Crippen LogP contribution in [0.25, 0.3) is 0 Å². The van der Waals surface area contributed by atoms with Gasteiger partial charge in [-0.15, -0.1) is 0 Å². The summed E-state index contributed by atoms with van der Waals surface area (Å²) < 4.78 is 0. The van der Waals surface area contributed by atoms with E-state index >= 15 is 0 Å². The number of aryl methyl sites for hydroxylation is 1. The van der Waals surface area contributed by atoms with E-state index in [2.05, 4.69) is 11.1 Å². The highest BCUT2D eigenvalue weighted by Gasteiger charge is 2.39. The van der Waals surface area contributed by atoms with Crippen LogP contribution >= 0.6 is 0 Å². The summed E-state index contributed by atoms with van der Waals surface area (Å²) in [5.74, 6) is 0.253. The second kappa shape index (κ2) is 4.22. The Labute approximate surface area is 103 Å². The fraction of sp³-hybridized carbons (Fsp3) is 0.571. The van der Waals surface area contributed by atoms with Gasteiger partial charge in [0.05, 0.1) is 17.2 Å². The molecule has 3 heteroatoms. The van der Waals surface area contributed by atoms with E-state index in [-0.39, 0.29) is 11.7 Å². The molecule has 17 heavy (non-hydrogen) atoms. The van der Waals surface area contributed by atoms with Crippen molar-refractivity contribution in [3.63, 3.8) is 0 Å². The van der Waals surface area contributed by atoms with E-state index in [9.17, 15) is 4.79 Å². The van der Waals surface area contributed by atoms with Gasteiger partial charge in [-0.05, 0) is 52.4 Å². The van der Waals surface area contributed by atoms with Gasteiger partial charge in [-0.25, -0.2) is 0 Å². The minimum Gasteiger partial charge on any atom is -0.298 e. The van der Waals surface area contributed by atoms with E-state index in [0.29, 0.717) is 0 Å². The molecule has 1 aliphatic rings. The van der Waals surface area contributed by atoms with E-state index in [1.807, 2.05) is 38.9 Å². The molecule has 0 saturated carbocycles. The molecular weight excluding hydrogens is 212 g/mol. The number of nitrogens with zero attached hydrogens (tertiary/aromatic N) is 2. The smallest absolute Gasteiger partial charge is 0.161 e. The van der Waals surface area contributed by atoms with E-state index in [1.54, 1.807) is 6.20 Å². The number of Topliss-reactive ketones (excluding diaryl/α,β-unsaturated/α-hetero) is 1. The lowest BCUT2D eigenvalue weighted by atomic mass is 9.86. The van der Waals surface area contributed by atoms with E-state index in [4.69, 9.17) is 0 Å². The molecule has 0 amide bonds. The fourth-order valence-electron chi connectivity index (χ4n) is 2.31. The van der Waals surface area contributed by atoms with Crippen molar-refractivity contribution in [1.29, 1.82) is 0 Å². The molecule has 1 aromatic rings. The molecule has 0 radical (unpaired) electrons. The van der Waals surface area contributed by atoms with E-state index in [1.165, 1.54) is 5.56 Å². The number of hydrogen-bond donors (Lipinski definition) is 0. The van der Waals surface area contributed by atoms with Crippen LogP contribution in [0.3, 0.4) is 0 Å². The lowest BCUT2D eigenvalue weighted by Crippen LogP contribution is -2.47. The van der Waals surface area contributed by atoms with Gasteiger partial charge in [-0.2, -0.15) is 0 Å². The van der Waals surface area contributed by atoms with Crippen LogP contribution in [-0.2, 0) is 11.2 Å². The molecule has 1 atom stereocenters. The molecule has 2 rings (SSSR count). The highest BCUT2D eigenvalue weighted by Crippen LogP contribution is 2.35. The first kappa shape index (κ1) is 12.2. The van der Waals surface area contributed by atoms with Crippen LogP contribution in [0.2, 0.25) is 0 Å². The van der Waals surface area contributed by atoms with Gasteiger partial charge in [-0.3, -0.25) is 14.7 Å². The van der Waals surface area contributed by atoms with Crippen molar-refractivity contribution in [1.82, 2.24) is 9.88 Å². The zero-order valence-electron chi connectivity index (χ0n) is 11.0. The van der Waals surface area contributed by atoms with Crippen LogP contribution in [0.1, 0.15) is 37.4 Å². The Morgan fingerprint density at radius 2 is 2.18 bits per heavy atom. The van der Waals surface area contributed by atoms with Crippen LogP contribution in [-0.4, -0.2) is 35.3 Å². The third-order valence-corrected chi connectivity index (χ3v) is 4.00. The largest absolute Gasteiger partial charge is 0.298 e. The third kappa shape index (κ3) is 2.00. The molecule has 3 nitrogen and oxygen atoms in total. The predicted molar refractivity (Wildman–Crippen MR) is 68.1 cm³/mol. The topological polar surface area (TPSA) is 33.2 Å². The van der Waals surface area contributed by atoms with E-state index in [0.717, 1.165) is 18.5 Å². The molecule has 0 N–H and O–H groups in total. The summed E-state index contributed by atoms with van der Waals surface area (Å²) in [6.07, 6.45) is 3.67. The van der Waals surface area contributed by atoms with Crippen molar-refractivity contribution in [3.05, 3.63) is 29.6 Å². The molecule has 1 aromatic heterocycles. The highest BCUT2D eigenvalue weighted by molar-refractivity contribution is 5.93. The molecule has 0 saturated heterocycles. The Hall–Kier alpha value is -1.22. The van der Waals surface area contributed by atoms with Crippen LogP contribution < -0.4 is 0 Å². The van der Waals surface area contributed by atoms with Gasteiger partial charge in [-0.1, -0.05) is 6.07 Å². The van der Waals surface area contributed by atoms with Crippen molar-refractivity contribution >= 4 is 5.78 Å². The Morgan fingerprint density at radius 3 is 2.82 bits per heavy atom. The van der Waals surface area contributed by atoms with Crippen molar-refractivity contribution in [2.75, 3.05) is 14.1 Å². The number of rotatable bonds is 3. The average molecular weight is 232 g/mol. The molecular formula is C14H20N2O. The van der Waals surface area contributed by atoms with Gasteiger partial charge < -0.3 is 0 Å². The molecule has 0 aliphatic heterocycles. The first-order chi connectivity index (χ1) is 7.94. The lowest BCUT2D eigenvalue weighted by Gasteiger charge is -2.33. The number of ketones is 1. The number of aromatic nitrogens is 1. The van der Waals surface area contributed by atoms with Gasteiger partial charge in [0.15, 0.2) is 5.78 Å². The summed E-state index contributed by atoms with van der Waals surface area (Å²) in [6, 6.07) is 4.03. The van der Waals surface area contributed by atoms with Crippen molar-refractivity contribution in [2.45, 2.75) is 38.1 Å². The van der Waals surface area contributed by atoms with Gasteiger partial charge in [0, 0.05) is 6.20 Å². The van der Waals surface area contributed by atoms with Gasteiger partial charge >= 0.3 is 0 Å². The first-order valence-corrected chi connectivity index (χ1v) is 6.10. The van der Waals surface area contributed by atoms with Gasteiger partial charge in [0.25, 0.3) is 0 Å². The Morgan fingerprint density at radius 1 is 1.47 bits per heavy atom. The van der Waals surface area contributed by atoms with Crippen molar-refractivity contribution in [3.8, 4) is 0 Å². The molecule has 1 heterocycles. The SMILES string of the molecule is CN(C)C(C)(C)C(=O)C1CCc2cccnc21. The maximum absolute atomic E-state index is 12.6. The number of hydrogen-bond acceptors (Lipinski definition) is 3. The summed E-state index contributed by atoms with van der Waals surface area (Å²) in [7, 11) is 3.90. The predicted octanol–water partition coefficient (Wildman–Crippen LogP) is 2.02. The maximum Gasteiger partial charge on any atom is 0.161 e. The monoisotopic (exact) mass is 232 g/mol. The number of likely N-dealkylation sites (N-methyl/N-ethyl adjacent to an activating group) is 1. The number of fused-ring (bicyclic) bond motifs is 1. The number of pyridine rings is 1. The van der Waals surface area contributed by atoms with Crippen molar-refractivity contribution < 1.29 is 4.79 Å². The quantitative estimate of drug-likeness (QED) is 0.799. The maximum atomic E-state index is 12.6. The molecule has 0 bridgehead atoms. The summed E-state index contributed by atoms with van der Waals surface area (Å²) in [4.78, 5) is 19.0. The van der Waals surface area contributed by atoms with E-state index < -0.39 is 5.54 Å². The molecule has 92 valence electrons. The minimum atomic E-state index is -0.427. The standard InChI is InChI=1S/C14H20N2O/c1-14(2,16(3)4)13(17)11-8-7-10-6-5-9-15-12(10)11/h5-6,9,11H,7-8H2,1-4H3. The Balaban J connectivity index is 2.30. The van der Waals surface area contributed by atoms with Crippen LogP contribution in [0.5, 0.6) is 0 Å². The third-order valence-electron chi connectivity index (χ3n) is 4.00. The first-order valence-electron chi connectivity index (χ1n) is 6.10. The summed E-state index contributed by atoms with van der Waals surface area (Å²) >= 11 is 0. The van der Waals surface area contributed by atoms with Crippen LogP contribution in [0, 0.1) is 0 Å². The van der Waals surface area contributed by atoms with Gasteiger partial charge in [0.1, 0.15) is 0 Å². The number of carbonyl (C=O) groups is 1. The lowest BCUT2D eigenvalue weighted by molar-refractivity contribution is -0.129. The number of carbonyl (C=O) groups excluding carboxylic acids is 1. The normalized spacial score (nSPS) is 19.5.